The standard InChI is InChI=1S/C17H23F2N3O/c18-13-6-7-16(15(19)11-13)20-17(23)22-10-4-5-14(22)12-21-8-2-1-3-9-21/h6-7,11,14H,1-5,8-10,12H2,(H,20,23). The Morgan fingerprint density at radius 2 is 1.91 bits per heavy atom. The van der Waals surface area contributed by atoms with Gasteiger partial charge in [-0.3, -0.25) is 0 Å². The third-order valence-corrected chi connectivity index (χ3v) is 4.73. The van der Waals surface area contributed by atoms with Crippen molar-refractivity contribution in [1.82, 2.24) is 9.80 Å². The van der Waals surface area contributed by atoms with E-state index in [-0.39, 0.29) is 17.8 Å². The van der Waals surface area contributed by atoms with Crippen LogP contribution < -0.4 is 5.32 Å². The first-order valence-corrected chi connectivity index (χ1v) is 8.38. The van der Waals surface area contributed by atoms with Crippen molar-refractivity contribution in [2.75, 3.05) is 31.5 Å². The molecule has 1 aromatic rings. The molecule has 6 heteroatoms. The molecule has 0 aliphatic carbocycles. The van der Waals surface area contributed by atoms with E-state index in [1.807, 2.05) is 0 Å². The van der Waals surface area contributed by atoms with Crippen molar-refractivity contribution < 1.29 is 13.6 Å². The second-order valence-electron chi connectivity index (χ2n) is 6.41. The largest absolute Gasteiger partial charge is 0.322 e. The number of halogens is 2. The minimum atomic E-state index is -0.745. The molecule has 0 radical (unpaired) electrons. The average molecular weight is 323 g/mol. The summed E-state index contributed by atoms with van der Waals surface area (Å²) in [5.74, 6) is -1.39. The van der Waals surface area contributed by atoms with E-state index in [4.69, 9.17) is 0 Å². The van der Waals surface area contributed by atoms with Crippen LogP contribution in [0.4, 0.5) is 19.3 Å². The molecule has 23 heavy (non-hydrogen) atoms. The normalized spacial score (nSPS) is 22.3. The zero-order valence-corrected chi connectivity index (χ0v) is 13.2. The molecule has 2 aliphatic heterocycles. The number of urea groups is 1. The Labute approximate surface area is 135 Å². The highest BCUT2D eigenvalue weighted by Gasteiger charge is 2.30. The molecule has 3 rings (SSSR count). The lowest BCUT2D eigenvalue weighted by Crippen LogP contribution is -2.46. The van der Waals surface area contributed by atoms with Crippen LogP contribution >= 0.6 is 0 Å². The molecule has 126 valence electrons. The minimum absolute atomic E-state index is 0.0278. The van der Waals surface area contributed by atoms with Gasteiger partial charge in [0.1, 0.15) is 11.6 Å². The summed E-state index contributed by atoms with van der Waals surface area (Å²) in [7, 11) is 0. The number of hydrogen-bond donors (Lipinski definition) is 1. The number of anilines is 1. The second-order valence-corrected chi connectivity index (χ2v) is 6.41. The maximum atomic E-state index is 13.7. The van der Waals surface area contributed by atoms with E-state index in [0.717, 1.165) is 44.6 Å². The minimum Gasteiger partial charge on any atom is -0.320 e. The van der Waals surface area contributed by atoms with E-state index in [9.17, 15) is 13.6 Å². The van der Waals surface area contributed by atoms with Crippen molar-refractivity contribution in [2.45, 2.75) is 38.1 Å². The summed E-state index contributed by atoms with van der Waals surface area (Å²) in [5.41, 5.74) is 0.0278. The number of carbonyl (C=O) groups excluding carboxylic acids is 1. The van der Waals surface area contributed by atoms with Crippen molar-refractivity contribution in [2.24, 2.45) is 0 Å². The van der Waals surface area contributed by atoms with Crippen LogP contribution in [0.5, 0.6) is 0 Å². The number of benzene rings is 1. The van der Waals surface area contributed by atoms with Gasteiger partial charge < -0.3 is 15.1 Å². The zero-order valence-electron chi connectivity index (χ0n) is 13.2. The molecule has 1 N–H and O–H groups in total. The molecule has 2 amide bonds. The van der Waals surface area contributed by atoms with Gasteiger partial charge in [0, 0.05) is 25.2 Å². The highest BCUT2D eigenvalue weighted by molar-refractivity contribution is 5.89. The van der Waals surface area contributed by atoms with E-state index in [1.54, 1.807) is 4.90 Å². The van der Waals surface area contributed by atoms with Crippen molar-refractivity contribution in [1.29, 1.82) is 0 Å². The molecule has 2 aliphatic rings. The van der Waals surface area contributed by atoms with Gasteiger partial charge in [0.05, 0.1) is 5.69 Å². The van der Waals surface area contributed by atoms with E-state index in [2.05, 4.69) is 10.2 Å². The van der Waals surface area contributed by atoms with E-state index in [0.29, 0.717) is 6.54 Å². The lowest BCUT2D eigenvalue weighted by molar-refractivity contribution is 0.161. The van der Waals surface area contributed by atoms with Crippen molar-refractivity contribution in [3.05, 3.63) is 29.8 Å². The van der Waals surface area contributed by atoms with Crippen molar-refractivity contribution >= 4 is 11.7 Å². The summed E-state index contributed by atoms with van der Waals surface area (Å²) in [6.07, 6.45) is 5.68. The molecule has 0 spiro atoms. The van der Waals surface area contributed by atoms with Crippen LogP contribution in [0.2, 0.25) is 0 Å². The van der Waals surface area contributed by atoms with Crippen LogP contribution in [-0.4, -0.2) is 48.1 Å². The van der Waals surface area contributed by atoms with Gasteiger partial charge >= 0.3 is 6.03 Å². The molecule has 0 bridgehead atoms. The number of nitrogens with one attached hydrogen (secondary N) is 1. The Hall–Kier alpha value is -1.69. The molecule has 4 nitrogen and oxygen atoms in total. The SMILES string of the molecule is O=C(Nc1ccc(F)cc1F)N1CCCC1CN1CCCCC1. The summed E-state index contributed by atoms with van der Waals surface area (Å²) < 4.78 is 26.6. The van der Waals surface area contributed by atoms with Crippen LogP contribution in [0.15, 0.2) is 18.2 Å². The summed E-state index contributed by atoms with van der Waals surface area (Å²) in [5, 5.41) is 2.57. The van der Waals surface area contributed by atoms with Crippen LogP contribution in [0.1, 0.15) is 32.1 Å². The molecule has 1 unspecified atom stereocenters. The predicted octanol–water partition coefficient (Wildman–Crippen LogP) is 3.45. The van der Waals surface area contributed by atoms with Crippen LogP contribution in [0, 0.1) is 11.6 Å². The highest BCUT2D eigenvalue weighted by atomic mass is 19.1. The Bertz CT molecular complexity index is 561. The first kappa shape index (κ1) is 16.2. The molecule has 0 aromatic heterocycles. The van der Waals surface area contributed by atoms with Crippen LogP contribution in [0.25, 0.3) is 0 Å². The van der Waals surface area contributed by atoms with Crippen molar-refractivity contribution in [3.63, 3.8) is 0 Å². The molecule has 1 aromatic carbocycles. The summed E-state index contributed by atoms with van der Waals surface area (Å²) in [6, 6.07) is 3.07. The molecule has 2 heterocycles. The van der Waals surface area contributed by atoms with Gasteiger partial charge in [-0.2, -0.15) is 0 Å². The van der Waals surface area contributed by atoms with E-state index < -0.39 is 11.6 Å². The Balaban J connectivity index is 1.61. The fourth-order valence-corrected chi connectivity index (χ4v) is 3.51. The van der Waals surface area contributed by atoms with Gasteiger partial charge in [-0.15, -0.1) is 0 Å². The first-order chi connectivity index (χ1) is 11.1. The zero-order chi connectivity index (χ0) is 16.2. The predicted molar refractivity (Wildman–Crippen MR) is 85.4 cm³/mol. The molecule has 1 atom stereocenters. The number of amides is 2. The van der Waals surface area contributed by atoms with Crippen LogP contribution in [0.3, 0.4) is 0 Å². The quantitative estimate of drug-likeness (QED) is 0.925. The maximum Gasteiger partial charge on any atom is 0.322 e. The summed E-state index contributed by atoms with van der Waals surface area (Å²) in [4.78, 5) is 16.6. The number of nitrogens with zero attached hydrogens (tertiary/aromatic N) is 2. The first-order valence-electron chi connectivity index (χ1n) is 8.38. The smallest absolute Gasteiger partial charge is 0.320 e. The number of piperidine rings is 1. The third-order valence-electron chi connectivity index (χ3n) is 4.73. The molecule has 0 saturated carbocycles. The van der Waals surface area contributed by atoms with Gasteiger partial charge in [-0.1, -0.05) is 6.42 Å². The Morgan fingerprint density at radius 3 is 2.65 bits per heavy atom. The monoisotopic (exact) mass is 323 g/mol. The lowest BCUT2D eigenvalue weighted by Gasteiger charge is -2.33. The van der Waals surface area contributed by atoms with Gasteiger partial charge in [0.15, 0.2) is 0 Å². The van der Waals surface area contributed by atoms with Gasteiger partial charge in [-0.25, -0.2) is 13.6 Å². The molecule has 2 saturated heterocycles. The lowest BCUT2D eigenvalue weighted by atomic mass is 10.1. The maximum absolute atomic E-state index is 13.7. The topological polar surface area (TPSA) is 35.6 Å². The van der Waals surface area contributed by atoms with Gasteiger partial charge in [0.2, 0.25) is 0 Å². The number of rotatable bonds is 3. The molecular formula is C17H23F2N3O. The Morgan fingerprint density at radius 1 is 1.13 bits per heavy atom. The molecular weight excluding hydrogens is 300 g/mol. The highest BCUT2D eigenvalue weighted by Crippen LogP contribution is 2.22. The fourth-order valence-electron chi connectivity index (χ4n) is 3.51. The second kappa shape index (κ2) is 7.25. The number of likely N-dealkylation sites (tertiary alicyclic amines) is 2. The van der Waals surface area contributed by atoms with Crippen LogP contribution in [-0.2, 0) is 0 Å². The number of carbonyl (C=O) groups is 1. The van der Waals surface area contributed by atoms with E-state index in [1.165, 1.54) is 25.3 Å². The van der Waals surface area contributed by atoms with Crippen molar-refractivity contribution in [3.8, 4) is 0 Å². The molecule has 2 fully saturated rings. The third kappa shape index (κ3) is 3.99. The Kier molecular flexibility index (Phi) is 5.10. The number of hydrogen-bond acceptors (Lipinski definition) is 2. The fraction of sp³-hybridized carbons (Fsp3) is 0.588. The summed E-state index contributed by atoms with van der Waals surface area (Å²) >= 11 is 0. The van der Waals surface area contributed by atoms with Gasteiger partial charge in [0.25, 0.3) is 0 Å². The van der Waals surface area contributed by atoms with E-state index >= 15 is 0 Å². The van der Waals surface area contributed by atoms with Gasteiger partial charge in [-0.05, 0) is 50.9 Å². The average Bonchev–Trinajstić information content (AvgIpc) is 2.99. The summed E-state index contributed by atoms with van der Waals surface area (Å²) in [6.45, 7) is 3.77.